The lowest BCUT2D eigenvalue weighted by molar-refractivity contribution is 0.0696. The molecule has 0 saturated heterocycles. The number of aliphatic hydroxyl groups excluding tert-OH is 2. The number of rotatable bonds is 12. The average molecular weight is 453 g/mol. The zero-order chi connectivity index (χ0) is 23.0. The van der Waals surface area contributed by atoms with Crippen molar-refractivity contribution in [1.29, 1.82) is 0 Å². The van der Waals surface area contributed by atoms with Crippen molar-refractivity contribution in [2.45, 2.75) is 17.7 Å². The van der Waals surface area contributed by atoms with Gasteiger partial charge in [-0.2, -0.15) is 0 Å². The number of sulfonamides is 1. The molecule has 2 aromatic carbocycles. The summed E-state index contributed by atoms with van der Waals surface area (Å²) in [5.41, 5.74) is 0.0416. The molecule has 2 rings (SSSR count). The maximum Gasteiger partial charge on any atom is 0.335 e. The lowest BCUT2D eigenvalue weighted by Gasteiger charge is -2.28. The van der Waals surface area contributed by atoms with Crippen LogP contribution in [-0.4, -0.2) is 74.4 Å². The minimum Gasteiger partial charge on any atom is -0.478 e. The second kappa shape index (κ2) is 11.1. The Bertz CT molecular complexity index is 971. The van der Waals surface area contributed by atoms with Crippen molar-refractivity contribution in [2.24, 2.45) is 0 Å². The lowest BCUT2D eigenvalue weighted by Crippen LogP contribution is -2.29. The molecular formula is C21H28N2O7S. The quantitative estimate of drug-likeness (QED) is 0.446. The van der Waals surface area contributed by atoms with Crippen LogP contribution in [0.25, 0.3) is 0 Å². The molecule has 0 aliphatic carbocycles. The Balaban J connectivity index is 2.79. The number of para-hydroxylation sites is 1. The van der Waals surface area contributed by atoms with Crippen molar-refractivity contribution in [1.82, 2.24) is 4.31 Å². The highest BCUT2D eigenvalue weighted by Gasteiger charge is 2.29. The number of benzene rings is 2. The van der Waals surface area contributed by atoms with Crippen LogP contribution in [0.3, 0.4) is 0 Å². The van der Waals surface area contributed by atoms with Crippen molar-refractivity contribution in [2.75, 3.05) is 45.3 Å². The van der Waals surface area contributed by atoms with E-state index < -0.39 is 16.0 Å². The lowest BCUT2D eigenvalue weighted by atomic mass is 10.1. The van der Waals surface area contributed by atoms with Crippen LogP contribution in [0.5, 0.6) is 11.5 Å². The summed E-state index contributed by atoms with van der Waals surface area (Å²) in [5.74, 6) is -0.918. The van der Waals surface area contributed by atoms with E-state index in [1.54, 1.807) is 35.2 Å². The van der Waals surface area contributed by atoms with Crippen LogP contribution >= 0.6 is 0 Å². The molecule has 10 heteroatoms. The van der Waals surface area contributed by atoms with Crippen molar-refractivity contribution < 1.29 is 33.3 Å². The first-order chi connectivity index (χ1) is 14.7. The summed E-state index contributed by atoms with van der Waals surface area (Å²) in [5, 5.41) is 28.2. The van der Waals surface area contributed by atoms with Gasteiger partial charge in [-0.05, 0) is 37.1 Å². The Morgan fingerprint density at radius 3 is 2.06 bits per heavy atom. The Kier molecular flexibility index (Phi) is 8.81. The molecule has 0 radical (unpaired) electrons. The molecule has 0 amide bonds. The zero-order valence-electron chi connectivity index (χ0n) is 17.6. The van der Waals surface area contributed by atoms with Crippen LogP contribution in [0, 0.1) is 0 Å². The van der Waals surface area contributed by atoms with Gasteiger partial charge in [0.05, 0.1) is 11.3 Å². The fraction of sp³-hybridized carbons (Fsp3) is 0.381. The van der Waals surface area contributed by atoms with Crippen molar-refractivity contribution in [3.8, 4) is 11.5 Å². The summed E-state index contributed by atoms with van der Waals surface area (Å²) in [6.45, 7) is 0.413. The third kappa shape index (κ3) is 6.17. The fourth-order valence-corrected chi connectivity index (χ4v) is 3.97. The minimum absolute atomic E-state index is 0.0132. The number of hydrogen-bond donors (Lipinski definition) is 3. The zero-order valence-corrected chi connectivity index (χ0v) is 18.4. The van der Waals surface area contributed by atoms with Crippen molar-refractivity contribution >= 4 is 21.7 Å². The van der Waals surface area contributed by atoms with E-state index in [2.05, 4.69) is 0 Å². The molecule has 170 valence electrons. The topological polar surface area (TPSA) is 128 Å². The molecule has 31 heavy (non-hydrogen) atoms. The van der Waals surface area contributed by atoms with Gasteiger partial charge >= 0.3 is 5.97 Å². The van der Waals surface area contributed by atoms with Gasteiger partial charge in [0.15, 0.2) is 5.75 Å². The van der Waals surface area contributed by atoms with Crippen LogP contribution in [0.1, 0.15) is 23.2 Å². The van der Waals surface area contributed by atoms with E-state index in [9.17, 15) is 28.5 Å². The predicted octanol–water partition coefficient (Wildman–Crippen LogP) is 2.00. The first-order valence-electron chi connectivity index (χ1n) is 9.75. The van der Waals surface area contributed by atoms with Gasteiger partial charge in [0.25, 0.3) is 0 Å². The van der Waals surface area contributed by atoms with Gasteiger partial charge in [0, 0.05) is 40.4 Å². The van der Waals surface area contributed by atoms with Gasteiger partial charge in [-0.1, -0.05) is 18.2 Å². The van der Waals surface area contributed by atoms with Crippen molar-refractivity contribution in [3.63, 3.8) is 0 Å². The smallest absolute Gasteiger partial charge is 0.335 e. The summed E-state index contributed by atoms with van der Waals surface area (Å²) in [6.07, 6.45) is 0.729. The van der Waals surface area contributed by atoms with Gasteiger partial charge in [-0.15, -0.1) is 0 Å². The van der Waals surface area contributed by atoms with Crippen LogP contribution in [-0.2, 0) is 10.0 Å². The maximum absolute atomic E-state index is 13.1. The average Bonchev–Trinajstić information content (AvgIpc) is 2.74. The van der Waals surface area contributed by atoms with E-state index in [0.717, 1.165) is 10.4 Å². The summed E-state index contributed by atoms with van der Waals surface area (Å²) in [4.78, 5) is 13.2. The third-order valence-corrected chi connectivity index (χ3v) is 6.34. The molecule has 3 N–H and O–H groups in total. The van der Waals surface area contributed by atoms with E-state index in [1.165, 1.54) is 20.2 Å². The number of carbonyl (C=O) groups is 1. The standard InChI is InChI=1S/C21H28N2O7S/c1-22(2)31(28,29)19-15-16(21(26)27)14-18(23(10-6-12-24)11-7-13-25)20(19)30-17-8-4-3-5-9-17/h3-5,8-9,14-15,24-25H,6-7,10-13H2,1-2H3,(H,26,27). The first-order valence-corrected chi connectivity index (χ1v) is 11.2. The van der Waals surface area contributed by atoms with Crippen LogP contribution in [0.4, 0.5) is 5.69 Å². The van der Waals surface area contributed by atoms with Gasteiger partial charge in [0.1, 0.15) is 10.6 Å². The molecular weight excluding hydrogens is 424 g/mol. The summed E-state index contributed by atoms with van der Waals surface area (Å²) in [6, 6.07) is 11.0. The van der Waals surface area contributed by atoms with Gasteiger partial charge in [0.2, 0.25) is 10.0 Å². The highest BCUT2D eigenvalue weighted by Crippen LogP contribution is 2.40. The highest BCUT2D eigenvalue weighted by atomic mass is 32.2. The predicted molar refractivity (Wildman–Crippen MR) is 116 cm³/mol. The van der Waals surface area contributed by atoms with E-state index in [0.29, 0.717) is 31.7 Å². The second-order valence-corrected chi connectivity index (χ2v) is 9.09. The highest BCUT2D eigenvalue weighted by molar-refractivity contribution is 7.89. The third-order valence-electron chi connectivity index (χ3n) is 4.52. The van der Waals surface area contributed by atoms with Crippen LogP contribution in [0.2, 0.25) is 0 Å². The van der Waals surface area contributed by atoms with E-state index >= 15 is 0 Å². The van der Waals surface area contributed by atoms with E-state index in [1.807, 2.05) is 0 Å². The maximum atomic E-state index is 13.1. The second-order valence-electron chi connectivity index (χ2n) is 6.97. The molecule has 0 saturated carbocycles. The number of aliphatic hydroxyl groups is 2. The number of carboxylic acid groups (broad SMARTS) is 1. The Hall–Kier alpha value is -2.66. The normalized spacial score (nSPS) is 11.5. The molecule has 0 atom stereocenters. The van der Waals surface area contributed by atoms with Crippen LogP contribution < -0.4 is 9.64 Å². The Morgan fingerprint density at radius 1 is 1.00 bits per heavy atom. The summed E-state index contributed by atoms with van der Waals surface area (Å²) in [7, 11) is -1.36. The number of hydrogen-bond acceptors (Lipinski definition) is 7. The molecule has 0 heterocycles. The van der Waals surface area contributed by atoms with Gasteiger partial charge in [-0.25, -0.2) is 17.5 Å². The summed E-state index contributed by atoms with van der Waals surface area (Å²) < 4.78 is 33.1. The largest absolute Gasteiger partial charge is 0.478 e. The SMILES string of the molecule is CN(C)S(=O)(=O)c1cc(C(=O)O)cc(N(CCCO)CCCO)c1Oc1ccccc1. The van der Waals surface area contributed by atoms with Gasteiger partial charge in [-0.3, -0.25) is 0 Å². The molecule has 0 unspecified atom stereocenters. The molecule has 0 aliphatic rings. The van der Waals surface area contributed by atoms with Crippen molar-refractivity contribution in [3.05, 3.63) is 48.0 Å². The summed E-state index contributed by atoms with van der Waals surface area (Å²) >= 11 is 0. The Morgan fingerprint density at radius 2 is 1.58 bits per heavy atom. The molecule has 9 nitrogen and oxygen atoms in total. The fourth-order valence-electron chi connectivity index (χ4n) is 2.92. The van der Waals surface area contributed by atoms with E-state index in [-0.39, 0.29) is 35.1 Å². The molecule has 0 spiro atoms. The number of nitrogens with zero attached hydrogens (tertiary/aromatic N) is 2. The number of ether oxygens (including phenoxy) is 1. The van der Waals surface area contributed by atoms with Crippen LogP contribution in [0.15, 0.2) is 47.4 Å². The first kappa shape index (κ1) is 24.6. The Labute approximate surface area is 182 Å². The van der Waals surface area contributed by atoms with E-state index in [4.69, 9.17) is 4.74 Å². The van der Waals surface area contributed by atoms with Gasteiger partial charge < -0.3 is 25.0 Å². The number of aromatic carboxylic acids is 1. The minimum atomic E-state index is -4.06. The molecule has 0 aromatic heterocycles. The number of carboxylic acids is 1. The number of anilines is 1. The molecule has 0 bridgehead atoms. The molecule has 0 aliphatic heterocycles. The molecule has 2 aromatic rings. The molecule has 0 fully saturated rings. The monoisotopic (exact) mass is 452 g/mol.